The predicted molar refractivity (Wildman–Crippen MR) is 57.4 cm³/mol. The Hall–Kier alpha value is -0.970. The summed E-state index contributed by atoms with van der Waals surface area (Å²) in [4.78, 5) is 0. The van der Waals surface area contributed by atoms with Crippen LogP contribution in [0.2, 0.25) is 5.02 Å². The van der Waals surface area contributed by atoms with Crippen molar-refractivity contribution < 1.29 is 0 Å². The molecule has 0 saturated carbocycles. The molecule has 14 heavy (non-hydrogen) atoms. The van der Waals surface area contributed by atoms with Gasteiger partial charge in [0.25, 0.3) is 0 Å². The first-order chi connectivity index (χ1) is 6.77. The van der Waals surface area contributed by atoms with Crippen LogP contribution in [0.3, 0.4) is 0 Å². The summed E-state index contributed by atoms with van der Waals surface area (Å²) in [5.41, 5.74) is 7.70. The molecule has 1 atom stereocenters. The third-order valence-electron chi connectivity index (χ3n) is 1.90. The number of nitrogens with zero attached hydrogens (tertiary/aromatic N) is 2. The second kappa shape index (κ2) is 4.04. The van der Waals surface area contributed by atoms with Crippen molar-refractivity contribution in [2.45, 2.75) is 6.04 Å². The molecular formula is C9H8ClN3S. The highest BCUT2D eigenvalue weighted by Crippen LogP contribution is 2.20. The molecule has 0 radical (unpaired) electrons. The van der Waals surface area contributed by atoms with E-state index in [0.29, 0.717) is 5.02 Å². The summed E-state index contributed by atoms with van der Waals surface area (Å²) in [7, 11) is 0. The van der Waals surface area contributed by atoms with Crippen LogP contribution < -0.4 is 5.73 Å². The zero-order valence-corrected chi connectivity index (χ0v) is 8.79. The molecule has 2 N–H and O–H groups in total. The van der Waals surface area contributed by atoms with Crippen LogP contribution in [0.4, 0.5) is 0 Å². The lowest BCUT2D eigenvalue weighted by molar-refractivity contribution is 0.844. The molecule has 1 unspecified atom stereocenters. The standard InChI is InChI=1S/C9H8ClN3S/c10-7-3-1-2-6(4-7)9(11)8-5-12-14-13-8/h1-5,9H,11H2. The third kappa shape index (κ3) is 1.92. The second-order valence-corrected chi connectivity index (χ2v) is 3.86. The fourth-order valence-corrected chi connectivity index (χ4v) is 1.84. The molecule has 0 amide bonds. The summed E-state index contributed by atoms with van der Waals surface area (Å²) in [5, 5.41) is 0.682. The van der Waals surface area contributed by atoms with E-state index in [9.17, 15) is 0 Å². The average molecular weight is 226 g/mol. The second-order valence-electron chi connectivity index (χ2n) is 2.86. The molecule has 0 aliphatic carbocycles. The molecule has 2 rings (SSSR count). The molecule has 0 spiro atoms. The van der Waals surface area contributed by atoms with Gasteiger partial charge in [0.1, 0.15) is 0 Å². The van der Waals surface area contributed by atoms with Gasteiger partial charge >= 0.3 is 0 Å². The highest BCUT2D eigenvalue weighted by Gasteiger charge is 2.11. The van der Waals surface area contributed by atoms with Crippen LogP contribution in [-0.2, 0) is 0 Å². The predicted octanol–water partition coefficient (Wildman–Crippen LogP) is 2.24. The van der Waals surface area contributed by atoms with E-state index in [-0.39, 0.29) is 6.04 Å². The molecule has 0 aliphatic heterocycles. The van der Waals surface area contributed by atoms with Crippen molar-refractivity contribution in [1.82, 2.24) is 8.75 Å². The number of hydrogen-bond donors (Lipinski definition) is 1. The molecule has 1 aromatic heterocycles. The van der Waals surface area contributed by atoms with E-state index in [1.807, 2.05) is 24.3 Å². The maximum atomic E-state index is 5.98. The molecule has 0 bridgehead atoms. The van der Waals surface area contributed by atoms with Crippen LogP contribution in [0.25, 0.3) is 0 Å². The van der Waals surface area contributed by atoms with E-state index in [0.717, 1.165) is 23.0 Å². The molecule has 3 nitrogen and oxygen atoms in total. The van der Waals surface area contributed by atoms with Gasteiger partial charge in [-0.15, -0.1) is 0 Å². The van der Waals surface area contributed by atoms with Crippen molar-refractivity contribution >= 4 is 23.3 Å². The largest absolute Gasteiger partial charge is 0.319 e. The summed E-state index contributed by atoms with van der Waals surface area (Å²) in [6.45, 7) is 0. The van der Waals surface area contributed by atoms with Crippen molar-refractivity contribution in [2.75, 3.05) is 0 Å². The number of nitrogens with two attached hydrogens (primary N) is 1. The number of benzene rings is 1. The monoisotopic (exact) mass is 225 g/mol. The molecule has 0 aliphatic rings. The van der Waals surface area contributed by atoms with Gasteiger partial charge in [0, 0.05) is 5.02 Å². The molecule has 72 valence electrons. The Bertz CT molecular complexity index is 416. The first kappa shape index (κ1) is 9.58. The molecule has 1 heterocycles. The smallest absolute Gasteiger partial charge is 0.0955 e. The van der Waals surface area contributed by atoms with E-state index >= 15 is 0 Å². The molecule has 0 fully saturated rings. The van der Waals surface area contributed by atoms with Crippen molar-refractivity contribution in [3.63, 3.8) is 0 Å². The molecule has 2 aromatic rings. The molecular weight excluding hydrogens is 218 g/mol. The van der Waals surface area contributed by atoms with Crippen LogP contribution in [0.1, 0.15) is 17.3 Å². The Morgan fingerprint density at radius 1 is 1.43 bits per heavy atom. The quantitative estimate of drug-likeness (QED) is 0.853. The van der Waals surface area contributed by atoms with Crippen molar-refractivity contribution in [2.24, 2.45) is 5.73 Å². The Balaban J connectivity index is 2.32. The lowest BCUT2D eigenvalue weighted by atomic mass is 10.1. The molecule has 0 saturated heterocycles. The van der Waals surface area contributed by atoms with Gasteiger partial charge in [0.15, 0.2) is 0 Å². The minimum Gasteiger partial charge on any atom is -0.319 e. The summed E-state index contributed by atoms with van der Waals surface area (Å²) in [5.74, 6) is 0. The van der Waals surface area contributed by atoms with Gasteiger partial charge in [-0.05, 0) is 17.7 Å². The average Bonchev–Trinajstić information content (AvgIpc) is 2.69. The minimum atomic E-state index is -0.243. The topological polar surface area (TPSA) is 51.8 Å². The van der Waals surface area contributed by atoms with E-state index in [2.05, 4.69) is 8.75 Å². The fraction of sp³-hybridized carbons (Fsp3) is 0.111. The van der Waals surface area contributed by atoms with Gasteiger partial charge in [0.2, 0.25) is 0 Å². The first-order valence-electron chi connectivity index (χ1n) is 4.06. The number of rotatable bonds is 2. The molecule has 5 heteroatoms. The van der Waals surface area contributed by atoms with Gasteiger partial charge < -0.3 is 5.73 Å². The minimum absolute atomic E-state index is 0.243. The van der Waals surface area contributed by atoms with E-state index in [1.165, 1.54) is 0 Å². The normalized spacial score (nSPS) is 12.7. The van der Waals surface area contributed by atoms with Crippen molar-refractivity contribution in [1.29, 1.82) is 0 Å². The maximum Gasteiger partial charge on any atom is 0.0955 e. The fourth-order valence-electron chi connectivity index (χ4n) is 1.18. The lowest BCUT2D eigenvalue weighted by Gasteiger charge is -2.08. The summed E-state index contributed by atoms with van der Waals surface area (Å²) in [6.07, 6.45) is 1.68. The highest BCUT2D eigenvalue weighted by atomic mass is 35.5. The zero-order chi connectivity index (χ0) is 9.97. The summed E-state index contributed by atoms with van der Waals surface area (Å²) in [6, 6.07) is 7.21. The number of aromatic nitrogens is 2. The van der Waals surface area contributed by atoms with Gasteiger partial charge in [-0.1, -0.05) is 23.7 Å². The third-order valence-corrected chi connectivity index (χ3v) is 2.63. The maximum absolute atomic E-state index is 5.98. The Labute approximate surface area is 90.9 Å². The number of halogens is 1. The summed E-state index contributed by atoms with van der Waals surface area (Å²) >= 11 is 7.02. The highest BCUT2D eigenvalue weighted by molar-refractivity contribution is 6.99. The summed E-state index contributed by atoms with van der Waals surface area (Å²) < 4.78 is 7.99. The van der Waals surface area contributed by atoms with Gasteiger partial charge in [-0.3, -0.25) is 0 Å². The zero-order valence-electron chi connectivity index (χ0n) is 7.22. The lowest BCUT2D eigenvalue weighted by Crippen LogP contribution is -2.11. The Morgan fingerprint density at radius 3 is 2.93 bits per heavy atom. The van der Waals surface area contributed by atoms with Gasteiger partial charge in [-0.2, -0.15) is 8.75 Å². The number of hydrogen-bond acceptors (Lipinski definition) is 4. The first-order valence-corrected chi connectivity index (χ1v) is 5.16. The van der Waals surface area contributed by atoms with E-state index in [4.69, 9.17) is 17.3 Å². The SMILES string of the molecule is NC(c1cccc(Cl)c1)c1cnsn1. The van der Waals surface area contributed by atoms with Crippen LogP contribution in [-0.4, -0.2) is 8.75 Å². The molecule has 1 aromatic carbocycles. The van der Waals surface area contributed by atoms with Crippen molar-refractivity contribution in [3.05, 3.63) is 46.7 Å². The van der Waals surface area contributed by atoms with Crippen LogP contribution >= 0.6 is 23.3 Å². The van der Waals surface area contributed by atoms with Crippen molar-refractivity contribution in [3.8, 4) is 0 Å². The van der Waals surface area contributed by atoms with Crippen LogP contribution in [0.15, 0.2) is 30.5 Å². The van der Waals surface area contributed by atoms with E-state index < -0.39 is 0 Å². The van der Waals surface area contributed by atoms with Gasteiger partial charge in [-0.25, -0.2) is 0 Å². The van der Waals surface area contributed by atoms with Gasteiger partial charge in [0.05, 0.1) is 29.7 Å². The van der Waals surface area contributed by atoms with Crippen LogP contribution in [0.5, 0.6) is 0 Å². The van der Waals surface area contributed by atoms with Crippen LogP contribution in [0, 0.1) is 0 Å². The van der Waals surface area contributed by atoms with E-state index in [1.54, 1.807) is 6.20 Å². The Kier molecular flexibility index (Phi) is 2.77. The Morgan fingerprint density at radius 2 is 2.29 bits per heavy atom.